The molecule has 0 fully saturated rings. The largest absolute Gasteiger partial charge is 0.303 e. The molecule has 6 heavy (non-hydrogen) atoms. The molecular formula is C4H7BrO. The van der Waals surface area contributed by atoms with E-state index in [2.05, 4.69) is 15.9 Å². The fourth-order valence-corrected chi connectivity index (χ4v) is 0.285. The SMILES string of the molecule is CC(Br)CC=O. The summed E-state index contributed by atoms with van der Waals surface area (Å²) in [5, 5.41) is 0. The van der Waals surface area contributed by atoms with E-state index >= 15 is 0 Å². The maximum atomic E-state index is 9.59. The van der Waals surface area contributed by atoms with E-state index in [9.17, 15) is 4.79 Å². The molecule has 0 aliphatic rings. The van der Waals surface area contributed by atoms with Gasteiger partial charge >= 0.3 is 0 Å². The topological polar surface area (TPSA) is 17.1 Å². The first-order chi connectivity index (χ1) is 2.77. The minimum Gasteiger partial charge on any atom is -0.303 e. The van der Waals surface area contributed by atoms with Crippen LogP contribution in [0.1, 0.15) is 13.3 Å². The number of carbonyl (C=O) groups is 1. The zero-order valence-electron chi connectivity index (χ0n) is 3.65. The maximum absolute atomic E-state index is 9.59. The first-order valence-corrected chi connectivity index (χ1v) is 2.76. The van der Waals surface area contributed by atoms with Crippen LogP contribution in [-0.2, 0) is 4.79 Å². The maximum Gasteiger partial charge on any atom is 0.121 e. The second-order valence-electron chi connectivity index (χ2n) is 1.18. The highest BCUT2D eigenvalue weighted by molar-refractivity contribution is 9.09. The molecule has 0 bridgehead atoms. The van der Waals surface area contributed by atoms with Crippen LogP contribution in [0.25, 0.3) is 0 Å². The van der Waals surface area contributed by atoms with Gasteiger partial charge in [0.25, 0.3) is 0 Å². The van der Waals surface area contributed by atoms with Crippen molar-refractivity contribution in [2.75, 3.05) is 0 Å². The standard InChI is InChI=1S/C4H7BrO/c1-4(5)2-3-6/h3-4H,2H2,1H3. The van der Waals surface area contributed by atoms with Crippen molar-refractivity contribution in [2.24, 2.45) is 0 Å². The molecule has 0 radical (unpaired) electrons. The number of hydrogen-bond donors (Lipinski definition) is 0. The van der Waals surface area contributed by atoms with Crippen LogP contribution in [0.2, 0.25) is 0 Å². The fourth-order valence-electron chi connectivity index (χ4n) is 0.133. The van der Waals surface area contributed by atoms with Gasteiger partial charge in [-0.05, 0) is 0 Å². The summed E-state index contributed by atoms with van der Waals surface area (Å²) in [6.07, 6.45) is 1.51. The molecule has 0 aromatic rings. The Labute approximate surface area is 45.9 Å². The first kappa shape index (κ1) is 6.15. The molecule has 0 aliphatic carbocycles. The summed E-state index contributed by atoms with van der Waals surface area (Å²) in [6.45, 7) is 1.94. The molecule has 0 amide bonds. The summed E-state index contributed by atoms with van der Waals surface area (Å²) in [7, 11) is 0. The minimum absolute atomic E-state index is 0.343. The van der Waals surface area contributed by atoms with Crippen molar-refractivity contribution >= 4 is 22.2 Å². The van der Waals surface area contributed by atoms with Crippen LogP contribution in [0, 0.1) is 0 Å². The zero-order chi connectivity index (χ0) is 4.99. The third kappa shape index (κ3) is 4.15. The Kier molecular flexibility index (Phi) is 3.43. The molecule has 0 N–H and O–H groups in total. The van der Waals surface area contributed by atoms with Crippen molar-refractivity contribution in [3.63, 3.8) is 0 Å². The van der Waals surface area contributed by atoms with E-state index in [4.69, 9.17) is 0 Å². The number of halogens is 1. The van der Waals surface area contributed by atoms with Crippen LogP contribution in [0.4, 0.5) is 0 Å². The van der Waals surface area contributed by atoms with E-state index in [0.717, 1.165) is 6.29 Å². The summed E-state index contributed by atoms with van der Waals surface area (Å²) in [5.41, 5.74) is 0. The molecule has 0 rings (SSSR count). The van der Waals surface area contributed by atoms with Gasteiger partial charge in [0, 0.05) is 11.2 Å². The van der Waals surface area contributed by atoms with Crippen molar-refractivity contribution in [3.8, 4) is 0 Å². The van der Waals surface area contributed by atoms with Gasteiger partial charge in [-0.15, -0.1) is 0 Å². The van der Waals surface area contributed by atoms with E-state index in [-0.39, 0.29) is 0 Å². The smallest absolute Gasteiger partial charge is 0.121 e. The first-order valence-electron chi connectivity index (χ1n) is 1.85. The van der Waals surface area contributed by atoms with Gasteiger partial charge in [-0.2, -0.15) is 0 Å². The normalized spacial score (nSPS) is 13.7. The Bertz CT molecular complexity index is 42.8. The van der Waals surface area contributed by atoms with Crippen molar-refractivity contribution in [1.82, 2.24) is 0 Å². The molecule has 2 heteroatoms. The summed E-state index contributed by atoms with van der Waals surface area (Å²) >= 11 is 3.20. The van der Waals surface area contributed by atoms with Crippen molar-refractivity contribution in [3.05, 3.63) is 0 Å². The molecule has 0 heterocycles. The molecule has 0 aliphatic heterocycles. The second-order valence-corrected chi connectivity index (χ2v) is 2.75. The van der Waals surface area contributed by atoms with E-state index < -0.39 is 0 Å². The fraction of sp³-hybridized carbons (Fsp3) is 0.750. The van der Waals surface area contributed by atoms with Gasteiger partial charge in [0.1, 0.15) is 6.29 Å². The highest BCUT2D eigenvalue weighted by atomic mass is 79.9. The van der Waals surface area contributed by atoms with Crippen LogP contribution in [0.3, 0.4) is 0 Å². The Hall–Kier alpha value is 0.150. The number of rotatable bonds is 2. The molecule has 1 nitrogen and oxygen atoms in total. The molecule has 36 valence electrons. The number of hydrogen-bond acceptors (Lipinski definition) is 1. The van der Waals surface area contributed by atoms with Crippen molar-refractivity contribution in [1.29, 1.82) is 0 Å². The third-order valence-electron chi connectivity index (χ3n) is 0.421. The van der Waals surface area contributed by atoms with E-state index in [1.54, 1.807) is 0 Å². The van der Waals surface area contributed by atoms with Crippen LogP contribution < -0.4 is 0 Å². The molecule has 0 aromatic carbocycles. The van der Waals surface area contributed by atoms with Gasteiger partial charge < -0.3 is 4.79 Å². The summed E-state index contributed by atoms with van der Waals surface area (Å²) in [5.74, 6) is 0. The minimum atomic E-state index is 0.343. The molecule has 0 aromatic heterocycles. The molecule has 1 unspecified atom stereocenters. The lowest BCUT2D eigenvalue weighted by atomic mass is 10.4. The predicted octanol–water partition coefficient (Wildman–Crippen LogP) is 1.36. The highest BCUT2D eigenvalue weighted by Gasteiger charge is 1.88. The van der Waals surface area contributed by atoms with Crippen LogP contribution >= 0.6 is 15.9 Å². The quantitative estimate of drug-likeness (QED) is 0.430. The van der Waals surface area contributed by atoms with Gasteiger partial charge in [-0.1, -0.05) is 22.9 Å². The highest BCUT2D eigenvalue weighted by Crippen LogP contribution is 1.98. The third-order valence-corrected chi connectivity index (χ3v) is 0.795. The van der Waals surface area contributed by atoms with Gasteiger partial charge in [-0.25, -0.2) is 0 Å². The van der Waals surface area contributed by atoms with Crippen LogP contribution in [0.15, 0.2) is 0 Å². The van der Waals surface area contributed by atoms with Gasteiger partial charge in [0.2, 0.25) is 0 Å². The summed E-state index contributed by atoms with van der Waals surface area (Å²) in [4.78, 5) is 9.93. The van der Waals surface area contributed by atoms with E-state index in [0.29, 0.717) is 11.2 Å². The Morgan fingerprint density at radius 2 is 2.50 bits per heavy atom. The van der Waals surface area contributed by atoms with Crippen LogP contribution in [-0.4, -0.2) is 11.1 Å². The van der Waals surface area contributed by atoms with Gasteiger partial charge in [0.15, 0.2) is 0 Å². The average molecular weight is 151 g/mol. The van der Waals surface area contributed by atoms with Crippen LogP contribution in [0.5, 0.6) is 0 Å². The number of carbonyl (C=O) groups excluding carboxylic acids is 1. The van der Waals surface area contributed by atoms with E-state index in [1.807, 2.05) is 6.92 Å². The lowest BCUT2D eigenvalue weighted by Gasteiger charge is -1.87. The van der Waals surface area contributed by atoms with Crippen molar-refractivity contribution < 1.29 is 4.79 Å². The van der Waals surface area contributed by atoms with Crippen molar-refractivity contribution in [2.45, 2.75) is 18.2 Å². The number of aldehydes is 1. The molecule has 0 spiro atoms. The Morgan fingerprint density at radius 1 is 2.00 bits per heavy atom. The second kappa shape index (κ2) is 3.34. The van der Waals surface area contributed by atoms with Gasteiger partial charge in [-0.3, -0.25) is 0 Å². The average Bonchev–Trinajstić information content (AvgIpc) is 1.35. The molecule has 0 saturated carbocycles. The summed E-state index contributed by atoms with van der Waals surface area (Å²) in [6, 6.07) is 0. The monoisotopic (exact) mass is 150 g/mol. The van der Waals surface area contributed by atoms with Gasteiger partial charge in [0.05, 0.1) is 0 Å². The Balaban J connectivity index is 2.81. The Morgan fingerprint density at radius 3 is 2.50 bits per heavy atom. The molecule has 0 saturated heterocycles. The number of alkyl halides is 1. The van der Waals surface area contributed by atoms with E-state index in [1.165, 1.54) is 0 Å². The lowest BCUT2D eigenvalue weighted by Crippen LogP contribution is -1.87. The molecular weight excluding hydrogens is 144 g/mol. The summed E-state index contributed by atoms with van der Waals surface area (Å²) < 4.78 is 0. The molecule has 1 atom stereocenters. The lowest BCUT2D eigenvalue weighted by molar-refractivity contribution is -0.107. The zero-order valence-corrected chi connectivity index (χ0v) is 5.23. The predicted molar refractivity (Wildman–Crippen MR) is 29.1 cm³/mol.